The van der Waals surface area contributed by atoms with Crippen molar-refractivity contribution in [3.8, 4) is 0 Å². The highest BCUT2D eigenvalue weighted by atomic mass is 16.4. The summed E-state index contributed by atoms with van der Waals surface area (Å²) in [6.07, 6.45) is 1.68. The van der Waals surface area contributed by atoms with Crippen LogP contribution in [0.1, 0.15) is 0 Å². The van der Waals surface area contributed by atoms with Crippen molar-refractivity contribution in [2.75, 3.05) is 38.1 Å². The summed E-state index contributed by atoms with van der Waals surface area (Å²) in [5, 5.41) is 18.5. The third-order valence-electron chi connectivity index (χ3n) is 2.90. The Kier molecular flexibility index (Phi) is 3.43. The molecule has 1 aromatic heterocycles. The van der Waals surface area contributed by atoms with Crippen LogP contribution in [0.25, 0.3) is 0 Å². The Morgan fingerprint density at radius 2 is 1.94 bits per heavy atom. The van der Waals surface area contributed by atoms with E-state index in [0.29, 0.717) is 11.3 Å². The van der Waals surface area contributed by atoms with Crippen LogP contribution in [-0.2, 0) is 0 Å². The molecule has 1 aliphatic heterocycles. The predicted octanol–water partition coefficient (Wildman–Crippen LogP) is -1.49. The first-order valence-corrected chi connectivity index (χ1v) is 5.43. The normalized spacial score (nSPS) is 17.6. The molecule has 0 spiro atoms. The van der Waals surface area contributed by atoms with E-state index in [0.717, 1.165) is 26.2 Å². The van der Waals surface area contributed by atoms with Crippen LogP contribution in [-0.4, -0.2) is 60.3 Å². The predicted molar refractivity (Wildman–Crippen MR) is 63.8 cm³/mol. The summed E-state index contributed by atoms with van der Waals surface area (Å²) in [6.45, 7) is 3.68. The Hall–Kier alpha value is -1.11. The lowest BCUT2D eigenvalue weighted by molar-refractivity contribution is 0.312. The molecule has 0 aromatic carbocycles. The standard InChI is InChI=1S/C10H16BN3O2/c1-13-5-7-14(8-6-13)10-9(11(15)16)3-2-4-12-10/h2-4,15-16H,5-8H2,1H3. The molecule has 86 valence electrons. The molecule has 16 heavy (non-hydrogen) atoms. The van der Waals surface area contributed by atoms with Gasteiger partial charge in [-0.3, -0.25) is 0 Å². The van der Waals surface area contributed by atoms with Crippen molar-refractivity contribution in [1.29, 1.82) is 0 Å². The zero-order chi connectivity index (χ0) is 11.5. The Labute approximate surface area is 95.5 Å². The fraction of sp³-hybridized carbons (Fsp3) is 0.500. The average molecular weight is 221 g/mol. The lowest BCUT2D eigenvalue weighted by atomic mass is 9.80. The van der Waals surface area contributed by atoms with Gasteiger partial charge in [-0.2, -0.15) is 0 Å². The summed E-state index contributed by atoms with van der Waals surface area (Å²) in [5.41, 5.74) is 0.479. The Bertz CT molecular complexity index is 354. The number of rotatable bonds is 2. The fourth-order valence-corrected chi connectivity index (χ4v) is 1.89. The van der Waals surface area contributed by atoms with Gasteiger partial charge in [-0.05, 0) is 13.1 Å². The molecule has 2 rings (SSSR count). The van der Waals surface area contributed by atoms with E-state index in [1.165, 1.54) is 0 Å². The number of hydrogen-bond donors (Lipinski definition) is 2. The number of likely N-dealkylation sites (N-methyl/N-ethyl adjacent to an activating group) is 1. The highest BCUT2D eigenvalue weighted by Gasteiger charge is 2.22. The van der Waals surface area contributed by atoms with E-state index < -0.39 is 7.12 Å². The molecule has 0 amide bonds. The number of anilines is 1. The Balaban J connectivity index is 2.19. The van der Waals surface area contributed by atoms with E-state index in [-0.39, 0.29) is 0 Å². The van der Waals surface area contributed by atoms with Gasteiger partial charge in [0, 0.05) is 37.8 Å². The highest BCUT2D eigenvalue weighted by molar-refractivity contribution is 6.60. The molecule has 2 heterocycles. The molecule has 1 aliphatic rings. The number of pyridine rings is 1. The lowest BCUT2D eigenvalue weighted by Gasteiger charge is -2.34. The largest absolute Gasteiger partial charge is 0.492 e. The maximum Gasteiger partial charge on any atom is 0.492 e. The van der Waals surface area contributed by atoms with Crippen LogP contribution < -0.4 is 10.4 Å². The summed E-state index contributed by atoms with van der Waals surface area (Å²) in [6, 6.07) is 3.42. The van der Waals surface area contributed by atoms with E-state index >= 15 is 0 Å². The van der Waals surface area contributed by atoms with Gasteiger partial charge in [0.15, 0.2) is 0 Å². The van der Waals surface area contributed by atoms with Gasteiger partial charge in [0.05, 0.1) is 0 Å². The Morgan fingerprint density at radius 3 is 2.56 bits per heavy atom. The van der Waals surface area contributed by atoms with Crippen LogP contribution in [0.15, 0.2) is 18.3 Å². The quantitative estimate of drug-likeness (QED) is 0.596. The van der Waals surface area contributed by atoms with E-state index in [2.05, 4.69) is 21.8 Å². The van der Waals surface area contributed by atoms with Gasteiger partial charge in [0.1, 0.15) is 5.82 Å². The summed E-state index contributed by atoms with van der Waals surface area (Å²) in [5.74, 6) is 0.686. The van der Waals surface area contributed by atoms with Crippen LogP contribution in [0.4, 0.5) is 5.82 Å². The zero-order valence-corrected chi connectivity index (χ0v) is 9.37. The van der Waals surface area contributed by atoms with Crippen molar-refractivity contribution < 1.29 is 10.0 Å². The molecule has 5 nitrogen and oxygen atoms in total. The van der Waals surface area contributed by atoms with Gasteiger partial charge in [-0.1, -0.05) is 6.07 Å². The smallest absolute Gasteiger partial charge is 0.423 e. The molecule has 0 radical (unpaired) electrons. The topological polar surface area (TPSA) is 59.8 Å². The van der Waals surface area contributed by atoms with Gasteiger partial charge in [0.2, 0.25) is 0 Å². The van der Waals surface area contributed by atoms with Crippen LogP contribution in [0.5, 0.6) is 0 Å². The molecule has 1 fully saturated rings. The SMILES string of the molecule is CN1CCN(c2ncccc2B(O)O)CC1. The van der Waals surface area contributed by atoms with Crippen molar-refractivity contribution >= 4 is 18.4 Å². The average Bonchev–Trinajstić information content (AvgIpc) is 2.30. The van der Waals surface area contributed by atoms with Crippen molar-refractivity contribution in [1.82, 2.24) is 9.88 Å². The third-order valence-corrected chi connectivity index (χ3v) is 2.90. The highest BCUT2D eigenvalue weighted by Crippen LogP contribution is 2.10. The second kappa shape index (κ2) is 4.82. The molecule has 1 aromatic rings. The number of nitrogens with zero attached hydrogens (tertiary/aromatic N) is 3. The molecule has 0 unspecified atom stereocenters. The third kappa shape index (κ3) is 2.34. The van der Waals surface area contributed by atoms with E-state index in [1.807, 2.05) is 0 Å². The van der Waals surface area contributed by atoms with E-state index in [4.69, 9.17) is 0 Å². The van der Waals surface area contributed by atoms with Gasteiger partial charge < -0.3 is 19.8 Å². The van der Waals surface area contributed by atoms with Crippen molar-refractivity contribution in [3.63, 3.8) is 0 Å². The van der Waals surface area contributed by atoms with E-state index in [9.17, 15) is 10.0 Å². The lowest BCUT2D eigenvalue weighted by Crippen LogP contribution is -2.48. The molecule has 0 saturated carbocycles. The van der Waals surface area contributed by atoms with Crippen LogP contribution in [0.2, 0.25) is 0 Å². The first-order chi connectivity index (χ1) is 7.68. The fourth-order valence-electron chi connectivity index (χ4n) is 1.89. The maximum atomic E-state index is 9.27. The van der Waals surface area contributed by atoms with Crippen LogP contribution in [0.3, 0.4) is 0 Å². The second-order valence-electron chi connectivity index (χ2n) is 4.08. The summed E-state index contributed by atoms with van der Waals surface area (Å²) < 4.78 is 0. The molecular formula is C10H16BN3O2. The van der Waals surface area contributed by atoms with Crippen molar-refractivity contribution in [3.05, 3.63) is 18.3 Å². The van der Waals surface area contributed by atoms with Gasteiger partial charge in [-0.25, -0.2) is 4.98 Å². The molecule has 0 bridgehead atoms. The molecule has 2 N–H and O–H groups in total. The maximum absolute atomic E-state index is 9.27. The Morgan fingerprint density at radius 1 is 1.25 bits per heavy atom. The monoisotopic (exact) mass is 221 g/mol. The van der Waals surface area contributed by atoms with Gasteiger partial charge in [-0.15, -0.1) is 0 Å². The number of piperazine rings is 1. The molecular weight excluding hydrogens is 205 g/mol. The van der Waals surface area contributed by atoms with Gasteiger partial charge in [0.25, 0.3) is 0 Å². The molecule has 1 saturated heterocycles. The van der Waals surface area contributed by atoms with Gasteiger partial charge >= 0.3 is 7.12 Å². The summed E-state index contributed by atoms with van der Waals surface area (Å²) in [7, 11) is 0.626. The molecule has 0 atom stereocenters. The molecule has 6 heteroatoms. The minimum absolute atomic E-state index is 0.479. The first kappa shape index (κ1) is 11.4. The first-order valence-electron chi connectivity index (χ1n) is 5.43. The number of hydrogen-bond acceptors (Lipinski definition) is 5. The summed E-state index contributed by atoms with van der Waals surface area (Å²) >= 11 is 0. The molecule has 0 aliphatic carbocycles. The minimum Gasteiger partial charge on any atom is -0.423 e. The number of aromatic nitrogens is 1. The van der Waals surface area contributed by atoms with Crippen LogP contribution >= 0.6 is 0 Å². The second-order valence-corrected chi connectivity index (χ2v) is 4.08. The van der Waals surface area contributed by atoms with Crippen LogP contribution in [0, 0.1) is 0 Å². The van der Waals surface area contributed by atoms with Crippen molar-refractivity contribution in [2.24, 2.45) is 0 Å². The summed E-state index contributed by atoms with van der Waals surface area (Å²) in [4.78, 5) is 8.57. The van der Waals surface area contributed by atoms with E-state index in [1.54, 1.807) is 18.3 Å². The minimum atomic E-state index is -1.46. The van der Waals surface area contributed by atoms with Crippen molar-refractivity contribution in [2.45, 2.75) is 0 Å². The zero-order valence-electron chi connectivity index (χ0n) is 9.37.